The second-order valence-corrected chi connectivity index (χ2v) is 8.91. The Morgan fingerprint density at radius 1 is 1.09 bits per heavy atom. The Labute approximate surface area is 144 Å². The van der Waals surface area contributed by atoms with Gasteiger partial charge in [0.2, 0.25) is 0 Å². The number of hydrogen-bond donors (Lipinski definition) is 0. The van der Waals surface area contributed by atoms with Crippen LogP contribution in [0.4, 0.5) is 0 Å². The van der Waals surface area contributed by atoms with Gasteiger partial charge < -0.3 is 0 Å². The smallest absolute Gasteiger partial charge is 0.249 e. The SMILES string of the molecule is O=S(=O)(c1ccc(Cl)cc1)N1CC(c2ccccc2)SC1=S. The fraction of sp³-hybridized carbons (Fsp3) is 0.133. The number of rotatable bonds is 3. The molecule has 0 bridgehead atoms. The molecule has 2 aromatic rings. The molecule has 22 heavy (non-hydrogen) atoms. The van der Waals surface area contributed by atoms with Gasteiger partial charge >= 0.3 is 0 Å². The molecule has 1 aliphatic rings. The summed E-state index contributed by atoms with van der Waals surface area (Å²) in [4.78, 5) is 0.202. The molecule has 1 saturated heterocycles. The summed E-state index contributed by atoms with van der Waals surface area (Å²) in [6.45, 7) is 0.346. The van der Waals surface area contributed by atoms with E-state index >= 15 is 0 Å². The lowest BCUT2D eigenvalue weighted by Gasteiger charge is -2.17. The van der Waals surface area contributed by atoms with Gasteiger partial charge in [0, 0.05) is 5.02 Å². The Morgan fingerprint density at radius 2 is 1.73 bits per heavy atom. The van der Waals surface area contributed by atoms with Gasteiger partial charge in [-0.25, -0.2) is 12.7 Å². The third-order valence-corrected chi connectivity index (χ3v) is 7.25. The van der Waals surface area contributed by atoms with Crippen LogP contribution in [0.15, 0.2) is 59.5 Å². The average Bonchev–Trinajstić information content (AvgIpc) is 2.91. The van der Waals surface area contributed by atoms with E-state index in [0.717, 1.165) is 5.56 Å². The molecular weight excluding hydrogens is 358 g/mol. The lowest BCUT2D eigenvalue weighted by Crippen LogP contribution is -2.31. The first-order chi connectivity index (χ1) is 10.5. The molecule has 0 N–H and O–H groups in total. The Kier molecular flexibility index (Phi) is 4.45. The van der Waals surface area contributed by atoms with Crippen molar-refractivity contribution in [3.8, 4) is 0 Å². The molecule has 0 radical (unpaired) electrons. The van der Waals surface area contributed by atoms with Crippen molar-refractivity contribution in [2.45, 2.75) is 10.1 Å². The van der Waals surface area contributed by atoms with E-state index in [9.17, 15) is 8.42 Å². The maximum absolute atomic E-state index is 12.7. The highest BCUT2D eigenvalue weighted by Gasteiger charge is 2.37. The lowest BCUT2D eigenvalue weighted by molar-refractivity contribution is 0.531. The molecule has 0 spiro atoms. The van der Waals surface area contributed by atoms with Crippen LogP contribution < -0.4 is 0 Å². The number of benzene rings is 2. The van der Waals surface area contributed by atoms with Crippen LogP contribution in [0.1, 0.15) is 10.8 Å². The molecule has 7 heteroatoms. The van der Waals surface area contributed by atoms with Gasteiger partial charge in [-0.05, 0) is 29.8 Å². The monoisotopic (exact) mass is 369 g/mol. The van der Waals surface area contributed by atoms with Gasteiger partial charge in [0.05, 0.1) is 16.7 Å². The third kappa shape index (κ3) is 3.01. The van der Waals surface area contributed by atoms with Gasteiger partial charge in [0.15, 0.2) is 4.32 Å². The number of thiocarbonyl (C=S) groups is 1. The number of halogens is 1. The van der Waals surface area contributed by atoms with E-state index < -0.39 is 10.0 Å². The lowest BCUT2D eigenvalue weighted by atomic mass is 10.1. The van der Waals surface area contributed by atoms with Crippen molar-refractivity contribution in [2.24, 2.45) is 0 Å². The zero-order valence-electron chi connectivity index (χ0n) is 11.3. The maximum Gasteiger partial charge on any atom is 0.265 e. The number of nitrogens with zero attached hydrogens (tertiary/aromatic N) is 1. The minimum atomic E-state index is -3.63. The first kappa shape index (κ1) is 15.8. The van der Waals surface area contributed by atoms with Crippen molar-refractivity contribution in [1.82, 2.24) is 4.31 Å². The highest BCUT2D eigenvalue weighted by atomic mass is 35.5. The molecule has 1 atom stereocenters. The zero-order valence-corrected chi connectivity index (χ0v) is 14.6. The summed E-state index contributed by atoms with van der Waals surface area (Å²) in [5.41, 5.74) is 1.07. The van der Waals surface area contributed by atoms with E-state index in [1.165, 1.54) is 28.2 Å². The van der Waals surface area contributed by atoms with Crippen LogP contribution in [-0.4, -0.2) is 23.6 Å². The minimum absolute atomic E-state index is 0.0239. The van der Waals surface area contributed by atoms with Gasteiger partial charge in [0.25, 0.3) is 10.0 Å². The second-order valence-electron chi connectivity index (χ2n) is 4.77. The highest BCUT2D eigenvalue weighted by Crippen LogP contribution is 2.40. The van der Waals surface area contributed by atoms with Crippen LogP contribution in [0.5, 0.6) is 0 Å². The molecule has 0 amide bonds. The maximum atomic E-state index is 12.7. The quantitative estimate of drug-likeness (QED) is 0.763. The fourth-order valence-electron chi connectivity index (χ4n) is 2.21. The first-order valence-corrected chi connectivity index (χ1v) is 9.63. The van der Waals surface area contributed by atoms with E-state index in [1.54, 1.807) is 12.1 Å². The average molecular weight is 370 g/mol. The van der Waals surface area contributed by atoms with Crippen molar-refractivity contribution in [1.29, 1.82) is 0 Å². The largest absolute Gasteiger partial charge is 0.265 e. The molecular formula is C15H12ClNO2S3. The topological polar surface area (TPSA) is 37.4 Å². The van der Waals surface area contributed by atoms with Gasteiger partial charge in [0.1, 0.15) is 0 Å². The molecule has 0 aromatic heterocycles. The molecule has 1 fully saturated rings. The van der Waals surface area contributed by atoms with E-state index in [1.807, 2.05) is 30.3 Å². The van der Waals surface area contributed by atoms with Crippen molar-refractivity contribution >= 4 is 49.9 Å². The second kappa shape index (κ2) is 6.20. The highest BCUT2D eigenvalue weighted by molar-refractivity contribution is 8.24. The predicted octanol–water partition coefficient (Wildman–Crippen LogP) is 4.10. The van der Waals surface area contributed by atoms with Crippen LogP contribution in [0, 0.1) is 0 Å². The van der Waals surface area contributed by atoms with Crippen LogP contribution in [0.3, 0.4) is 0 Å². The molecule has 1 heterocycles. The van der Waals surface area contributed by atoms with Crippen molar-refractivity contribution < 1.29 is 8.42 Å². The summed E-state index contributed by atoms with van der Waals surface area (Å²) in [5.74, 6) is 0. The minimum Gasteiger partial charge on any atom is -0.249 e. The first-order valence-electron chi connectivity index (χ1n) is 6.52. The number of sulfonamides is 1. The summed E-state index contributed by atoms with van der Waals surface area (Å²) < 4.78 is 27.1. The van der Waals surface area contributed by atoms with Gasteiger partial charge in [-0.15, -0.1) is 0 Å². The van der Waals surface area contributed by atoms with Gasteiger partial charge in [-0.2, -0.15) is 0 Å². The summed E-state index contributed by atoms with van der Waals surface area (Å²) in [6, 6.07) is 15.9. The van der Waals surface area contributed by atoms with Gasteiger partial charge in [-0.3, -0.25) is 0 Å². The van der Waals surface area contributed by atoms with Gasteiger partial charge in [-0.1, -0.05) is 65.9 Å². The molecule has 3 rings (SSSR count). The van der Waals surface area contributed by atoms with E-state index in [-0.39, 0.29) is 10.1 Å². The summed E-state index contributed by atoms with van der Waals surface area (Å²) in [5, 5.41) is 0.523. The predicted molar refractivity (Wildman–Crippen MR) is 94.7 cm³/mol. The van der Waals surface area contributed by atoms with Crippen LogP contribution in [-0.2, 0) is 10.0 Å². The Hall–Kier alpha value is -1.08. The molecule has 0 aliphatic carbocycles. The number of thioether (sulfide) groups is 1. The molecule has 114 valence electrons. The Balaban J connectivity index is 1.89. The summed E-state index contributed by atoms with van der Waals surface area (Å²) in [6.07, 6.45) is 0. The Morgan fingerprint density at radius 3 is 2.36 bits per heavy atom. The zero-order chi connectivity index (χ0) is 15.7. The standard InChI is InChI=1S/C15H12ClNO2S3/c16-12-6-8-13(9-7-12)22(18,19)17-10-14(21-15(17)20)11-4-2-1-3-5-11/h1-9,14H,10H2. The third-order valence-electron chi connectivity index (χ3n) is 3.35. The van der Waals surface area contributed by atoms with E-state index in [2.05, 4.69) is 0 Å². The summed E-state index contributed by atoms with van der Waals surface area (Å²) in [7, 11) is -3.63. The Bertz CT molecular complexity index is 791. The molecule has 1 aliphatic heterocycles. The van der Waals surface area contributed by atoms with E-state index in [0.29, 0.717) is 15.9 Å². The van der Waals surface area contributed by atoms with Crippen LogP contribution >= 0.6 is 35.6 Å². The molecule has 2 aromatic carbocycles. The normalized spacial score (nSPS) is 18.7. The van der Waals surface area contributed by atoms with Crippen molar-refractivity contribution in [2.75, 3.05) is 6.54 Å². The van der Waals surface area contributed by atoms with E-state index in [4.69, 9.17) is 23.8 Å². The fourth-order valence-corrected chi connectivity index (χ4v) is 5.80. The van der Waals surface area contributed by atoms with Crippen LogP contribution in [0.25, 0.3) is 0 Å². The van der Waals surface area contributed by atoms with Crippen molar-refractivity contribution in [3.05, 3.63) is 65.2 Å². The molecule has 3 nitrogen and oxygen atoms in total. The molecule has 1 unspecified atom stereocenters. The number of hydrogen-bond acceptors (Lipinski definition) is 4. The molecule has 0 saturated carbocycles. The van der Waals surface area contributed by atoms with Crippen molar-refractivity contribution in [3.63, 3.8) is 0 Å². The van der Waals surface area contributed by atoms with Crippen LogP contribution in [0.2, 0.25) is 5.02 Å². The summed E-state index contributed by atoms with van der Waals surface area (Å²) >= 11 is 12.5.